The molecule has 0 aromatic heterocycles. The number of benzene rings is 1. The van der Waals surface area contributed by atoms with Crippen molar-refractivity contribution in [1.82, 2.24) is 5.32 Å². The largest absolute Gasteiger partial charge is 0.399 e. The Morgan fingerprint density at radius 2 is 2.00 bits per heavy atom. The van der Waals surface area contributed by atoms with Gasteiger partial charge >= 0.3 is 0 Å². The molecule has 20 heavy (non-hydrogen) atoms. The van der Waals surface area contributed by atoms with Gasteiger partial charge in [-0.25, -0.2) is 0 Å². The van der Waals surface area contributed by atoms with Crippen LogP contribution in [-0.2, 0) is 11.2 Å². The first-order valence-electron chi connectivity index (χ1n) is 7.13. The van der Waals surface area contributed by atoms with Gasteiger partial charge in [0.1, 0.15) is 0 Å². The van der Waals surface area contributed by atoms with Crippen molar-refractivity contribution in [3.8, 4) is 0 Å². The third kappa shape index (κ3) is 4.14. The Labute approximate surface area is 127 Å². The molecule has 0 unspecified atom stereocenters. The Kier molecular flexibility index (Phi) is 5.88. The Balaban J connectivity index is 0.00000200. The predicted molar refractivity (Wildman–Crippen MR) is 85.9 cm³/mol. The van der Waals surface area contributed by atoms with Crippen LogP contribution in [0.25, 0.3) is 0 Å². The zero-order chi connectivity index (χ0) is 13.9. The van der Waals surface area contributed by atoms with Gasteiger partial charge in [0.05, 0.1) is 0 Å². The Bertz CT molecular complexity index is 456. The number of nitrogens with one attached hydrogen (secondary N) is 1. The SMILES string of the molecule is CC(C)C1(CNC(=O)CCc2ccccc2N)CC1.Cl. The van der Waals surface area contributed by atoms with Crippen molar-refractivity contribution in [2.24, 2.45) is 11.3 Å². The first-order valence-corrected chi connectivity index (χ1v) is 7.13. The number of nitrogen functional groups attached to an aromatic ring is 1. The number of carbonyl (C=O) groups excluding carboxylic acids is 1. The van der Waals surface area contributed by atoms with Crippen LogP contribution in [0.4, 0.5) is 5.69 Å². The van der Waals surface area contributed by atoms with Crippen molar-refractivity contribution in [3.63, 3.8) is 0 Å². The summed E-state index contributed by atoms with van der Waals surface area (Å²) in [5.74, 6) is 0.785. The second kappa shape index (κ2) is 6.98. The number of amides is 1. The van der Waals surface area contributed by atoms with E-state index >= 15 is 0 Å². The first-order chi connectivity index (χ1) is 9.03. The van der Waals surface area contributed by atoms with Crippen molar-refractivity contribution in [1.29, 1.82) is 0 Å². The number of carbonyl (C=O) groups is 1. The van der Waals surface area contributed by atoms with Crippen LogP contribution in [0.3, 0.4) is 0 Å². The van der Waals surface area contributed by atoms with E-state index in [1.54, 1.807) is 0 Å². The Morgan fingerprint density at radius 3 is 2.55 bits per heavy atom. The molecule has 0 spiro atoms. The van der Waals surface area contributed by atoms with Crippen LogP contribution in [0, 0.1) is 11.3 Å². The fraction of sp³-hybridized carbons (Fsp3) is 0.562. The average molecular weight is 297 g/mol. The number of rotatable bonds is 6. The zero-order valence-corrected chi connectivity index (χ0v) is 13.1. The summed E-state index contributed by atoms with van der Waals surface area (Å²) in [6, 6.07) is 7.74. The van der Waals surface area contributed by atoms with Gasteiger partial charge in [0, 0.05) is 18.7 Å². The number of hydrogen-bond acceptors (Lipinski definition) is 2. The molecule has 1 aromatic rings. The highest BCUT2D eigenvalue weighted by Gasteiger charge is 2.45. The Hall–Kier alpha value is -1.22. The molecule has 4 heteroatoms. The molecule has 0 saturated heterocycles. The Morgan fingerprint density at radius 1 is 1.35 bits per heavy atom. The molecular formula is C16H25ClN2O. The number of halogens is 1. The molecule has 1 aromatic carbocycles. The van der Waals surface area contributed by atoms with Gasteiger partial charge in [-0.05, 0) is 42.2 Å². The highest BCUT2D eigenvalue weighted by molar-refractivity contribution is 5.85. The smallest absolute Gasteiger partial charge is 0.220 e. The standard InChI is InChI=1S/C16H24N2O.ClH/c1-12(2)16(9-10-16)11-18-15(19)8-7-13-5-3-4-6-14(13)17;/h3-6,12H,7-11,17H2,1-2H3,(H,18,19);1H. The van der Waals surface area contributed by atoms with E-state index in [-0.39, 0.29) is 18.3 Å². The summed E-state index contributed by atoms with van der Waals surface area (Å²) >= 11 is 0. The maximum absolute atomic E-state index is 11.9. The summed E-state index contributed by atoms with van der Waals surface area (Å²) in [6.07, 6.45) is 3.72. The number of nitrogens with two attached hydrogens (primary N) is 1. The van der Waals surface area contributed by atoms with Gasteiger partial charge in [0.2, 0.25) is 5.91 Å². The summed E-state index contributed by atoms with van der Waals surface area (Å²) in [5, 5.41) is 3.08. The molecule has 1 aliphatic rings. The van der Waals surface area contributed by atoms with E-state index in [9.17, 15) is 4.79 Å². The summed E-state index contributed by atoms with van der Waals surface area (Å²) in [7, 11) is 0. The minimum Gasteiger partial charge on any atom is -0.399 e. The van der Waals surface area contributed by atoms with Crippen molar-refractivity contribution in [3.05, 3.63) is 29.8 Å². The minimum absolute atomic E-state index is 0. The third-order valence-electron chi connectivity index (χ3n) is 4.43. The van der Waals surface area contributed by atoms with E-state index in [4.69, 9.17) is 5.73 Å². The molecule has 0 heterocycles. The van der Waals surface area contributed by atoms with Crippen LogP contribution >= 0.6 is 12.4 Å². The lowest BCUT2D eigenvalue weighted by Gasteiger charge is -2.20. The van der Waals surface area contributed by atoms with Gasteiger partial charge in [-0.2, -0.15) is 0 Å². The van der Waals surface area contributed by atoms with E-state index in [0.29, 0.717) is 24.2 Å². The normalized spacial score (nSPS) is 15.6. The minimum atomic E-state index is 0. The van der Waals surface area contributed by atoms with E-state index in [1.165, 1.54) is 12.8 Å². The molecule has 0 radical (unpaired) electrons. The molecule has 1 fully saturated rings. The van der Waals surface area contributed by atoms with Crippen LogP contribution < -0.4 is 11.1 Å². The average Bonchev–Trinajstić information content (AvgIpc) is 3.16. The highest BCUT2D eigenvalue weighted by Crippen LogP contribution is 2.51. The maximum Gasteiger partial charge on any atom is 0.220 e. The summed E-state index contributed by atoms with van der Waals surface area (Å²) < 4.78 is 0. The number of para-hydroxylation sites is 1. The fourth-order valence-electron chi connectivity index (χ4n) is 2.49. The first kappa shape index (κ1) is 16.8. The number of anilines is 1. The zero-order valence-electron chi connectivity index (χ0n) is 12.3. The van der Waals surface area contributed by atoms with Gasteiger partial charge < -0.3 is 11.1 Å². The maximum atomic E-state index is 11.9. The molecule has 3 N–H and O–H groups in total. The lowest BCUT2D eigenvalue weighted by molar-refractivity contribution is -0.121. The summed E-state index contributed by atoms with van der Waals surface area (Å²) in [4.78, 5) is 11.9. The van der Waals surface area contributed by atoms with Crippen LogP contribution in [0.15, 0.2) is 24.3 Å². The van der Waals surface area contributed by atoms with Crippen molar-refractivity contribution < 1.29 is 4.79 Å². The quantitative estimate of drug-likeness (QED) is 0.792. The van der Waals surface area contributed by atoms with Gasteiger partial charge in [-0.3, -0.25) is 4.79 Å². The second-order valence-corrected chi connectivity index (χ2v) is 5.99. The topological polar surface area (TPSA) is 55.1 Å². The predicted octanol–water partition coefficient (Wildman–Crippen LogP) is 3.18. The van der Waals surface area contributed by atoms with Crippen molar-refractivity contribution in [2.45, 2.75) is 39.5 Å². The van der Waals surface area contributed by atoms with Gasteiger partial charge in [-0.15, -0.1) is 12.4 Å². The van der Waals surface area contributed by atoms with Gasteiger partial charge in [-0.1, -0.05) is 32.0 Å². The summed E-state index contributed by atoms with van der Waals surface area (Å²) in [5.41, 5.74) is 8.08. The fourth-order valence-corrected chi connectivity index (χ4v) is 2.49. The molecule has 1 amide bonds. The number of hydrogen-bond donors (Lipinski definition) is 2. The molecule has 0 bridgehead atoms. The summed E-state index contributed by atoms with van der Waals surface area (Å²) in [6.45, 7) is 5.31. The molecule has 1 saturated carbocycles. The van der Waals surface area contributed by atoms with E-state index in [2.05, 4.69) is 19.2 Å². The lowest BCUT2D eigenvalue weighted by atomic mass is 9.92. The monoisotopic (exact) mass is 296 g/mol. The molecule has 112 valence electrons. The molecule has 2 rings (SSSR count). The molecule has 1 aliphatic carbocycles. The molecule has 3 nitrogen and oxygen atoms in total. The molecular weight excluding hydrogens is 272 g/mol. The van der Waals surface area contributed by atoms with Crippen molar-refractivity contribution >= 4 is 24.0 Å². The van der Waals surface area contributed by atoms with Crippen LogP contribution in [-0.4, -0.2) is 12.5 Å². The molecule has 0 atom stereocenters. The van der Waals surface area contributed by atoms with E-state index in [0.717, 1.165) is 17.8 Å². The lowest BCUT2D eigenvalue weighted by Crippen LogP contribution is -2.32. The second-order valence-electron chi connectivity index (χ2n) is 5.99. The van der Waals surface area contributed by atoms with Gasteiger partial charge in [0.25, 0.3) is 0 Å². The number of aryl methyl sites for hydroxylation is 1. The van der Waals surface area contributed by atoms with Crippen LogP contribution in [0.5, 0.6) is 0 Å². The van der Waals surface area contributed by atoms with Crippen LogP contribution in [0.2, 0.25) is 0 Å². The van der Waals surface area contributed by atoms with Crippen molar-refractivity contribution in [2.75, 3.05) is 12.3 Å². The molecule has 0 aliphatic heterocycles. The van der Waals surface area contributed by atoms with Gasteiger partial charge in [0.15, 0.2) is 0 Å². The third-order valence-corrected chi connectivity index (χ3v) is 4.43. The van der Waals surface area contributed by atoms with E-state index < -0.39 is 0 Å². The highest BCUT2D eigenvalue weighted by atomic mass is 35.5. The van der Waals surface area contributed by atoms with E-state index in [1.807, 2.05) is 24.3 Å². The van der Waals surface area contributed by atoms with Crippen LogP contribution in [0.1, 0.15) is 38.7 Å².